The summed E-state index contributed by atoms with van der Waals surface area (Å²) in [6.45, 7) is 8.30. The van der Waals surface area contributed by atoms with Gasteiger partial charge in [-0.15, -0.1) is 0 Å². The van der Waals surface area contributed by atoms with Gasteiger partial charge in [-0.3, -0.25) is 4.98 Å². The van der Waals surface area contributed by atoms with Crippen molar-refractivity contribution in [2.45, 2.75) is 76.6 Å². The van der Waals surface area contributed by atoms with Crippen LogP contribution in [-0.4, -0.2) is 53.9 Å². The lowest BCUT2D eigenvalue weighted by Crippen LogP contribution is -2.56. The first-order chi connectivity index (χ1) is 13.8. The molecule has 3 aliphatic rings. The number of pyridine rings is 1. The van der Waals surface area contributed by atoms with Gasteiger partial charge in [0.05, 0.1) is 24.4 Å². The lowest BCUT2D eigenvalue weighted by Gasteiger charge is -2.37. The third-order valence-corrected chi connectivity index (χ3v) is 5.44. The molecule has 0 saturated carbocycles. The Kier molecular flexibility index (Phi) is 4.66. The molecular formula is C22H27NO6. The lowest BCUT2D eigenvalue weighted by molar-refractivity contribution is -0.243. The Balaban J connectivity index is 1.27. The summed E-state index contributed by atoms with van der Waals surface area (Å²) in [5.41, 5.74) is 1.83. The van der Waals surface area contributed by atoms with Crippen molar-refractivity contribution in [1.29, 1.82) is 0 Å². The molecule has 156 valence electrons. The van der Waals surface area contributed by atoms with Crippen LogP contribution >= 0.6 is 0 Å². The average Bonchev–Trinajstić information content (AvgIpc) is 3.16. The average molecular weight is 401 g/mol. The highest BCUT2D eigenvalue weighted by molar-refractivity contribution is 5.78. The Hall–Kier alpha value is -1.61. The van der Waals surface area contributed by atoms with Crippen LogP contribution in [0.2, 0.25) is 0 Å². The molecule has 5 rings (SSSR count). The molecule has 7 heteroatoms. The zero-order valence-corrected chi connectivity index (χ0v) is 17.2. The van der Waals surface area contributed by atoms with Gasteiger partial charge in [0.2, 0.25) is 0 Å². The normalized spacial score (nSPS) is 34.8. The van der Waals surface area contributed by atoms with Crippen LogP contribution in [0.15, 0.2) is 36.4 Å². The second kappa shape index (κ2) is 6.97. The fraction of sp³-hybridized carbons (Fsp3) is 0.591. The molecule has 29 heavy (non-hydrogen) atoms. The van der Waals surface area contributed by atoms with E-state index in [9.17, 15) is 0 Å². The number of ether oxygens (including phenoxy) is 6. The molecule has 0 N–H and O–H groups in total. The molecule has 5 atom stereocenters. The summed E-state index contributed by atoms with van der Waals surface area (Å²) in [5.74, 6) is -1.43. The van der Waals surface area contributed by atoms with Crippen LogP contribution in [0.1, 0.15) is 33.4 Å². The molecule has 0 unspecified atom stereocenters. The van der Waals surface area contributed by atoms with Crippen molar-refractivity contribution in [3.8, 4) is 0 Å². The van der Waals surface area contributed by atoms with Crippen LogP contribution in [0.25, 0.3) is 10.9 Å². The molecule has 0 aliphatic carbocycles. The summed E-state index contributed by atoms with van der Waals surface area (Å²) in [4.78, 5) is 4.65. The topological polar surface area (TPSA) is 68.3 Å². The lowest BCUT2D eigenvalue weighted by atomic mass is 9.99. The Morgan fingerprint density at radius 2 is 1.59 bits per heavy atom. The third-order valence-electron chi connectivity index (χ3n) is 5.44. The quantitative estimate of drug-likeness (QED) is 0.780. The number of hydrogen-bond acceptors (Lipinski definition) is 7. The SMILES string of the molecule is CC1(C)O[C@H]2O[C@H](COCc3ccc4ccccc4n3)[C@H]3OC(C)(C)O[C@@H]3[C@H]2O1. The summed E-state index contributed by atoms with van der Waals surface area (Å²) in [6.07, 6.45) is -1.70. The van der Waals surface area contributed by atoms with Crippen molar-refractivity contribution in [2.24, 2.45) is 0 Å². The predicted molar refractivity (Wildman–Crippen MR) is 104 cm³/mol. The van der Waals surface area contributed by atoms with Gasteiger partial charge in [-0.2, -0.15) is 0 Å². The molecule has 0 spiro atoms. The fourth-order valence-corrected chi connectivity index (χ4v) is 4.30. The highest BCUT2D eigenvalue weighted by Crippen LogP contribution is 2.44. The third kappa shape index (κ3) is 3.79. The highest BCUT2D eigenvalue weighted by atomic mass is 16.9. The van der Waals surface area contributed by atoms with Gasteiger partial charge in [-0.1, -0.05) is 24.3 Å². The first kappa shape index (κ1) is 19.4. The molecule has 0 bridgehead atoms. The van der Waals surface area contributed by atoms with Crippen molar-refractivity contribution in [3.63, 3.8) is 0 Å². The van der Waals surface area contributed by atoms with Gasteiger partial charge in [0.15, 0.2) is 17.9 Å². The van der Waals surface area contributed by atoms with Crippen LogP contribution in [-0.2, 0) is 35.0 Å². The van der Waals surface area contributed by atoms with Crippen molar-refractivity contribution < 1.29 is 28.4 Å². The molecule has 3 fully saturated rings. The largest absolute Gasteiger partial charge is 0.372 e. The predicted octanol–water partition coefficient (Wildman–Crippen LogP) is 3.15. The number of benzene rings is 1. The van der Waals surface area contributed by atoms with E-state index in [1.807, 2.05) is 58.0 Å². The minimum Gasteiger partial charge on any atom is -0.372 e. The minimum atomic E-state index is -0.721. The monoisotopic (exact) mass is 401 g/mol. The minimum absolute atomic E-state index is 0.266. The molecule has 3 saturated heterocycles. The zero-order chi connectivity index (χ0) is 20.2. The molecule has 1 aromatic carbocycles. The molecule has 7 nitrogen and oxygen atoms in total. The number of fused-ring (bicyclic) bond motifs is 4. The van der Waals surface area contributed by atoms with E-state index in [2.05, 4.69) is 11.1 Å². The molecule has 3 aliphatic heterocycles. The van der Waals surface area contributed by atoms with Gasteiger partial charge < -0.3 is 28.4 Å². The molecule has 2 aromatic rings. The Morgan fingerprint density at radius 1 is 0.862 bits per heavy atom. The van der Waals surface area contributed by atoms with E-state index >= 15 is 0 Å². The van der Waals surface area contributed by atoms with E-state index in [1.165, 1.54) is 0 Å². The summed E-state index contributed by atoms with van der Waals surface area (Å²) < 4.78 is 36.3. The number of rotatable bonds is 4. The van der Waals surface area contributed by atoms with E-state index < -0.39 is 17.9 Å². The highest BCUT2D eigenvalue weighted by Gasteiger charge is 2.60. The molecule has 1 aromatic heterocycles. The summed E-state index contributed by atoms with van der Waals surface area (Å²) in [7, 11) is 0. The molecule has 0 radical (unpaired) electrons. The number of para-hydroxylation sites is 1. The van der Waals surface area contributed by atoms with Crippen LogP contribution in [0.4, 0.5) is 0 Å². The van der Waals surface area contributed by atoms with Crippen molar-refractivity contribution in [1.82, 2.24) is 4.98 Å². The van der Waals surface area contributed by atoms with Crippen molar-refractivity contribution in [3.05, 3.63) is 42.1 Å². The van der Waals surface area contributed by atoms with Crippen molar-refractivity contribution in [2.75, 3.05) is 6.61 Å². The second-order valence-corrected chi connectivity index (χ2v) is 8.72. The van der Waals surface area contributed by atoms with Gasteiger partial charge >= 0.3 is 0 Å². The van der Waals surface area contributed by atoms with Gasteiger partial charge in [-0.05, 0) is 39.8 Å². The van der Waals surface area contributed by atoms with E-state index in [0.717, 1.165) is 16.6 Å². The van der Waals surface area contributed by atoms with E-state index in [1.54, 1.807) is 0 Å². The van der Waals surface area contributed by atoms with Crippen LogP contribution in [0.5, 0.6) is 0 Å². The van der Waals surface area contributed by atoms with E-state index in [4.69, 9.17) is 28.4 Å². The number of nitrogens with zero attached hydrogens (tertiary/aromatic N) is 1. The maximum Gasteiger partial charge on any atom is 0.190 e. The maximum atomic E-state index is 6.16. The Labute approximate surface area is 170 Å². The first-order valence-corrected chi connectivity index (χ1v) is 10.1. The Morgan fingerprint density at radius 3 is 2.45 bits per heavy atom. The van der Waals surface area contributed by atoms with E-state index in [0.29, 0.717) is 13.2 Å². The smallest absolute Gasteiger partial charge is 0.190 e. The second-order valence-electron chi connectivity index (χ2n) is 8.72. The summed E-state index contributed by atoms with van der Waals surface area (Å²) in [5, 5.41) is 1.11. The Bertz CT molecular complexity index is 900. The summed E-state index contributed by atoms with van der Waals surface area (Å²) >= 11 is 0. The van der Waals surface area contributed by atoms with Crippen LogP contribution < -0.4 is 0 Å². The molecule has 0 amide bonds. The van der Waals surface area contributed by atoms with Gasteiger partial charge in [0.1, 0.15) is 24.4 Å². The first-order valence-electron chi connectivity index (χ1n) is 10.1. The van der Waals surface area contributed by atoms with Crippen molar-refractivity contribution >= 4 is 10.9 Å². The van der Waals surface area contributed by atoms with E-state index in [-0.39, 0.29) is 24.4 Å². The van der Waals surface area contributed by atoms with Crippen LogP contribution in [0.3, 0.4) is 0 Å². The van der Waals surface area contributed by atoms with Crippen LogP contribution in [0, 0.1) is 0 Å². The molecular weight excluding hydrogens is 374 g/mol. The maximum absolute atomic E-state index is 6.16. The number of hydrogen-bond donors (Lipinski definition) is 0. The zero-order valence-electron chi connectivity index (χ0n) is 17.2. The number of aromatic nitrogens is 1. The summed E-state index contributed by atoms with van der Waals surface area (Å²) in [6, 6.07) is 12.1. The van der Waals surface area contributed by atoms with Gasteiger partial charge in [0, 0.05) is 5.39 Å². The van der Waals surface area contributed by atoms with Gasteiger partial charge in [0.25, 0.3) is 0 Å². The standard InChI is InChI=1S/C22H27NO6/c1-21(2)26-17-16(25-20-19(18(17)27-21)28-22(3,4)29-20)12-24-11-14-10-9-13-7-5-6-8-15(13)23-14/h5-10,16-20H,11-12H2,1-4H3/t16-,17-,18+,19-,20-/m1/s1. The van der Waals surface area contributed by atoms with Gasteiger partial charge in [-0.25, -0.2) is 0 Å². The molecule has 4 heterocycles. The fourth-order valence-electron chi connectivity index (χ4n) is 4.30.